The summed E-state index contributed by atoms with van der Waals surface area (Å²) in [6, 6.07) is 1.87. The van der Waals surface area contributed by atoms with Crippen molar-refractivity contribution in [1.29, 1.82) is 0 Å². The van der Waals surface area contributed by atoms with E-state index in [2.05, 4.69) is 24.1 Å². The van der Waals surface area contributed by atoms with E-state index in [1.165, 1.54) is 15.5 Å². The first-order valence-corrected chi connectivity index (χ1v) is 10.4. The summed E-state index contributed by atoms with van der Waals surface area (Å²) in [6.45, 7) is 5.74. The van der Waals surface area contributed by atoms with Crippen LogP contribution in [0.1, 0.15) is 35.5 Å². The van der Waals surface area contributed by atoms with Gasteiger partial charge in [0.1, 0.15) is 5.82 Å². The summed E-state index contributed by atoms with van der Waals surface area (Å²) >= 11 is 0. The first kappa shape index (κ1) is 19.7. The summed E-state index contributed by atoms with van der Waals surface area (Å²) in [5.41, 5.74) is 2.36. The van der Waals surface area contributed by atoms with Crippen LogP contribution >= 0.6 is 0 Å². The molecule has 2 rings (SSSR count). The van der Waals surface area contributed by atoms with Crippen LogP contribution in [0, 0.1) is 5.92 Å². The summed E-state index contributed by atoms with van der Waals surface area (Å²) in [6.07, 6.45) is 2.34. The third-order valence-electron chi connectivity index (χ3n) is 4.20. The average molecular weight is 369 g/mol. The molecule has 2 heterocycles. The van der Waals surface area contributed by atoms with Crippen LogP contribution < -0.4 is 5.32 Å². The van der Waals surface area contributed by atoms with E-state index >= 15 is 0 Å². The standard InChI is InChI=1S/C17H28N4O3S/c1-12(2)11-18-16-14(17(22)20(3)4)10-13-6-8-21(25(5,23)24)9-7-15(13)19-16/h10,12H,6-9,11H2,1-5H3,(H,18,19). The van der Waals surface area contributed by atoms with Gasteiger partial charge in [-0.3, -0.25) is 4.79 Å². The van der Waals surface area contributed by atoms with Crippen molar-refractivity contribution in [3.63, 3.8) is 0 Å². The monoisotopic (exact) mass is 368 g/mol. The van der Waals surface area contributed by atoms with Crippen molar-refractivity contribution in [1.82, 2.24) is 14.2 Å². The molecule has 0 fully saturated rings. The number of nitrogens with zero attached hydrogens (tertiary/aromatic N) is 3. The highest BCUT2D eigenvalue weighted by Gasteiger charge is 2.24. The summed E-state index contributed by atoms with van der Waals surface area (Å²) in [7, 11) is 0.204. The molecule has 140 valence electrons. The lowest BCUT2D eigenvalue weighted by Gasteiger charge is -2.18. The number of carbonyl (C=O) groups excluding carboxylic acids is 1. The van der Waals surface area contributed by atoms with Gasteiger partial charge in [-0.15, -0.1) is 0 Å². The van der Waals surface area contributed by atoms with Crippen LogP contribution in [0.2, 0.25) is 0 Å². The molecule has 1 aromatic heterocycles. The Morgan fingerprint density at radius 1 is 1.32 bits per heavy atom. The predicted molar refractivity (Wildman–Crippen MR) is 99.4 cm³/mol. The van der Waals surface area contributed by atoms with Gasteiger partial charge in [0.05, 0.1) is 11.8 Å². The number of fused-ring (bicyclic) bond motifs is 1. The topological polar surface area (TPSA) is 82.6 Å². The van der Waals surface area contributed by atoms with Crippen LogP contribution in [0.5, 0.6) is 0 Å². The molecule has 0 radical (unpaired) electrons. The minimum atomic E-state index is -3.22. The summed E-state index contributed by atoms with van der Waals surface area (Å²) in [5.74, 6) is 0.897. The van der Waals surface area contributed by atoms with Gasteiger partial charge < -0.3 is 10.2 Å². The molecule has 1 amide bonds. The van der Waals surface area contributed by atoms with Crippen LogP contribution in [0.3, 0.4) is 0 Å². The van der Waals surface area contributed by atoms with Crippen molar-refractivity contribution < 1.29 is 13.2 Å². The first-order valence-electron chi connectivity index (χ1n) is 8.53. The van der Waals surface area contributed by atoms with E-state index in [-0.39, 0.29) is 5.91 Å². The maximum Gasteiger partial charge on any atom is 0.257 e. The largest absolute Gasteiger partial charge is 0.369 e. The van der Waals surface area contributed by atoms with E-state index in [0.29, 0.717) is 43.2 Å². The molecular formula is C17H28N4O3S. The van der Waals surface area contributed by atoms with Crippen molar-refractivity contribution in [3.05, 3.63) is 22.9 Å². The molecule has 1 aromatic rings. The van der Waals surface area contributed by atoms with Crippen molar-refractivity contribution >= 4 is 21.7 Å². The molecule has 7 nitrogen and oxygen atoms in total. The van der Waals surface area contributed by atoms with E-state index in [4.69, 9.17) is 0 Å². The molecule has 1 aliphatic heterocycles. The predicted octanol–water partition coefficient (Wildman–Crippen LogP) is 1.21. The van der Waals surface area contributed by atoms with E-state index in [1.807, 2.05) is 6.07 Å². The molecule has 0 aromatic carbocycles. The quantitative estimate of drug-likeness (QED) is 0.845. The third-order valence-corrected chi connectivity index (χ3v) is 5.51. The Labute approximate surface area is 150 Å². The Bertz CT molecular complexity index is 745. The number of sulfonamides is 1. The van der Waals surface area contributed by atoms with E-state index in [9.17, 15) is 13.2 Å². The van der Waals surface area contributed by atoms with Gasteiger partial charge in [0.15, 0.2) is 0 Å². The number of hydrogen-bond donors (Lipinski definition) is 1. The second kappa shape index (κ2) is 7.70. The highest BCUT2D eigenvalue weighted by molar-refractivity contribution is 7.88. The minimum Gasteiger partial charge on any atom is -0.369 e. The molecule has 0 saturated heterocycles. The lowest BCUT2D eigenvalue weighted by Crippen LogP contribution is -2.32. The number of anilines is 1. The molecular weight excluding hydrogens is 340 g/mol. The molecule has 8 heteroatoms. The summed E-state index contributed by atoms with van der Waals surface area (Å²) in [4.78, 5) is 18.8. The third kappa shape index (κ3) is 4.92. The highest BCUT2D eigenvalue weighted by atomic mass is 32.2. The molecule has 1 aliphatic rings. The number of carbonyl (C=O) groups is 1. The van der Waals surface area contributed by atoms with Crippen LogP contribution in [-0.4, -0.2) is 68.5 Å². The van der Waals surface area contributed by atoms with Gasteiger partial charge in [0.2, 0.25) is 10.0 Å². The smallest absolute Gasteiger partial charge is 0.257 e. The fraction of sp³-hybridized carbons (Fsp3) is 0.647. The number of nitrogens with one attached hydrogen (secondary N) is 1. The van der Waals surface area contributed by atoms with Gasteiger partial charge in [-0.25, -0.2) is 17.7 Å². The zero-order valence-electron chi connectivity index (χ0n) is 15.7. The average Bonchev–Trinajstić information content (AvgIpc) is 2.72. The van der Waals surface area contributed by atoms with Crippen molar-refractivity contribution in [2.45, 2.75) is 26.7 Å². The Hall–Kier alpha value is -1.67. The molecule has 1 N–H and O–H groups in total. The van der Waals surface area contributed by atoms with Gasteiger partial charge in [-0.1, -0.05) is 13.8 Å². The fourth-order valence-corrected chi connectivity index (χ4v) is 3.63. The van der Waals surface area contributed by atoms with E-state index < -0.39 is 10.0 Å². The Balaban J connectivity index is 2.39. The van der Waals surface area contributed by atoms with Gasteiger partial charge >= 0.3 is 0 Å². The van der Waals surface area contributed by atoms with Gasteiger partial charge in [-0.2, -0.15) is 0 Å². The Kier molecular flexibility index (Phi) is 6.05. The number of hydrogen-bond acceptors (Lipinski definition) is 5. The second-order valence-electron chi connectivity index (χ2n) is 7.13. The maximum atomic E-state index is 12.5. The van der Waals surface area contributed by atoms with Gasteiger partial charge in [0.25, 0.3) is 5.91 Å². The van der Waals surface area contributed by atoms with Crippen LogP contribution in [0.15, 0.2) is 6.07 Å². The molecule has 0 bridgehead atoms. The molecule has 0 atom stereocenters. The Morgan fingerprint density at radius 2 is 1.96 bits per heavy atom. The van der Waals surface area contributed by atoms with Crippen molar-refractivity contribution in [2.75, 3.05) is 45.3 Å². The SMILES string of the molecule is CC(C)CNc1nc2c(cc1C(=O)N(C)C)CCN(S(C)(=O)=O)CC2. The normalized spacial score (nSPS) is 15.6. The molecule has 0 aliphatic carbocycles. The summed E-state index contributed by atoms with van der Waals surface area (Å²) in [5, 5.41) is 3.27. The fourth-order valence-electron chi connectivity index (χ4n) is 2.78. The van der Waals surface area contributed by atoms with Crippen molar-refractivity contribution in [3.8, 4) is 0 Å². The van der Waals surface area contributed by atoms with Gasteiger partial charge in [-0.05, 0) is 24.0 Å². The lowest BCUT2D eigenvalue weighted by molar-refractivity contribution is 0.0828. The lowest BCUT2D eigenvalue weighted by atomic mass is 10.0. The number of rotatable bonds is 5. The zero-order chi connectivity index (χ0) is 18.8. The highest BCUT2D eigenvalue weighted by Crippen LogP contribution is 2.23. The number of pyridine rings is 1. The molecule has 0 unspecified atom stereocenters. The number of aromatic nitrogens is 1. The molecule has 0 saturated carbocycles. The van der Waals surface area contributed by atoms with Crippen LogP contribution in [-0.2, 0) is 22.9 Å². The minimum absolute atomic E-state index is 0.106. The zero-order valence-corrected chi connectivity index (χ0v) is 16.5. The summed E-state index contributed by atoms with van der Waals surface area (Å²) < 4.78 is 25.1. The van der Waals surface area contributed by atoms with E-state index in [0.717, 1.165) is 17.8 Å². The van der Waals surface area contributed by atoms with E-state index in [1.54, 1.807) is 14.1 Å². The second-order valence-corrected chi connectivity index (χ2v) is 9.11. The Morgan fingerprint density at radius 3 is 2.52 bits per heavy atom. The number of amides is 1. The van der Waals surface area contributed by atoms with Crippen molar-refractivity contribution in [2.24, 2.45) is 5.92 Å². The first-order chi connectivity index (χ1) is 11.6. The molecule has 25 heavy (non-hydrogen) atoms. The van der Waals surface area contributed by atoms with Gasteiger partial charge in [0, 0.05) is 45.8 Å². The van der Waals surface area contributed by atoms with Crippen LogP contribution in [0.4, 0.5) is 5.82 Å². The molecule has 0 spiro atoms. The maximum absolute atomic E-state index is 12.5. The van der Waals surface area contributed by atoms with Crippen LogP contribution in [0.25, 0.3) is 0 Å².